The predicted octanol–water partition coefficient (Wildman–Crippen LogP) is 5.67. The SMILES string of the molecule is COc1ccc(CN2Cc3cnc4ccc(Cl)cc4c3N(C3CCC(CNC(=O)O)CC3)C2=O)c(OC)c1. The van der Waals surface area contributed by atoms with E-state index in [1.165, 1.54) is 0 Å². The van der Waals surface area contributed by atoms with Crippen LogP contribution in [0.4, 0.5) is 15.3 Å². The first kappa shape index (κ1) is 25.9. The minimum atomic E-state index is -1.01. The number of pyridine rings is 1. The van der Waals surface area contributed by atoms with Crippen molar-refractivity contribution in [1.29, 1.82) is 0 Å². The van der Waals surface area contributed by atoms with Gasteiger partial charge in [0.05, 0.1) is 38.5 Å². The Balaban J connectivity index is 1.49. The van der Waals surface area contributed by atoms with Gasteiger partial charge in [-0.2, -0.15) is 0 Å². The van der Waals surface area contributed by atoms with Crippen LogP contribution in [0.5, 0.6) is 11.5 Å². The summed E-state index contributed by atoms with van der Waals surface area (Å²) in [4.78, 5) is 33.5. The first-order valence-electron chi connectivity index (χ1n) is 12.7. The van der Waals surface area contributed by atoms with Gasteiger partial charge in [-0.25, -0.2) is 9.59 Å². The molecule has 0 saturated heterocycles. The number of hydrogen-bond donors (Lipinski definition) is 2. The maximum atomic E-state index is 14.2. The molecule has 0 atom stereocenters. The highest BCUT2D eigenvalue weighted by molar-refractivity contribution is 6.31. The molecule has 1 saturated carbocycles. The van der Waals surface area contributed by atoms with E-state index in [2.05, 4.69) is 10.3 Å². The molecular weight excluding hydrogens is 508 g/mol. The van der Waals surface area contributed by atoms with Gasteiger partial charge in [0.2, 0.25) is 0 Å². The lowest BCUT2D eigenvalue weighted by Gasteiger charge is -2.44. The van der Waals surface area contributed by atoms with E-state index in [0.29, 0.717) is 36.2 Å². The second kappa shape index (κ2) is 10.9. The van der Waals surface area contributed by atoms with Gasteiger partial charge in [-0.1, -0.05) is 11.6 Å². The molecule has 9 nitrogen and oxygen atoms in total. The molecule has 3 aromatic rings. The van der Waals surface area contributed by atoms with Crippen LogP contribution in [0, 0.1) is 5.92 Å². The molecule has 0 spiro atoms. The molecule has 200 valence electrons. The van der Waals surface area contributed by atoms with Crippen molar-refractivity contribution in [2.75, 3.05) is 25.7 Å². The number of fused-ring (bicyclic) bond motifs is 3. The van der Waals surface area contributed by atoms with Crippen molar-refractivity contribution < 1.29 is 24.2 Å². The number of carboxylic acid groups (broad SMARTS) is 1. The minimum absolute atomic E-state index is 0.0209. The number of rotatable bonds is 7. The average Bonchev–Trinajstić information content (AvgIpc) is 2.93. The van der Waals surface area contributed by atoms with Gasteiger partial charge in [0.1, 0.15) is 11.5 Å². The van der Waals surface area contributed by atoms with Crippen LogP contribution in [0.25, 0.3) is 10.9 Å². The summed E-state index contributed by atoms with van der Waals surface area (Å²) in [5.74, 6) is 1.60. The highest BCUT2D eigenvalue weighted by atomic mass is 35.5. The summed E-state index contributed by atoms with van der Waals surface area (Å²) in [6.45, 7) is 1.21. The summed E-state index contributed by atoms with van der Waals surface area (Å²) in [6.07, 6.45) is 4.07. The lowest BCUT2D eigenvalue weighted by molar-refractivity contribution is 0.184. The second-order valence-corrected chi connectivity index (χ2v) is 10.3. The van der Waals surface area contributed by atoms with Crippen LogP contribution >= 0.6 is 11.6 Å². The normalized spacial score (nSPS) is 19.3. The molecule has 0 radical (unpaired) electrons. The van der Waals surface area contributed by atoms with Crippen molar-refractivity contribution in [1.82, 2.24) is 15.2 Å². The number of hydrogen-bond acceptors (Lipinski definition) is 5. The number of anilines is 1. The Hall–Kier alpha value is -3.72. The quantitative estimate of drug-likeness (QED) is 0.401. The molecule has 5 rings (SSSR count). The van der Waals surface area contributed by atoms with Gasteiger partial charge in [-0.05, 0) is 61.9 Å². The van der Waals surface area contributed by atoms with Crippen LogP contribution < -0.4 is 19.7 Å². The standard InChI is InChI=1S/C28H31ClN4O5/c1-37-22-9-5-18(25(12-22)38-2)15-32-16-19-14-30-24-10-6-20(29)11-23(24)26(19)33(28(32)36)21-7-3-17(4-8-21)13-31-27(34)35/h5-6,9-12,14,17,21,31H,3-4,7-8,13,15-16H2,1-2H3,(H,34,35). The van der Waals surface area contributed by atoms with Gasteiger partial charge >= 0.3 is 12.1 Å². The van der Waals surface area contributed by atoms with Crippen molar-refractivity contribution in [2.45, 2.75) is 44.8 Å². The first-order valence-corrected chi connectivity index (χ1v) is 13.1. The van der Waals surface area contributed by atoms with Crippen molar-refractivity contribution >= 4 is 40.3 Å². The number of halogens is 1. The van der Waals surface area contributed by atoms with Crippen molar-refractivity contribution in [3.8, 4) is 11.5 Å². The van der Waals surface area contributed by atoms with Gasteiger partial charge in [0, 0.05) is 46.4 Å². The van der Waals surface area contributed by atoms with E-state index in [4.69, 9.17) is 26.2 Å². The highest BCUT2D eigenvalue weighted by Crippen LogP contribution is 2.41. The van der Waals surface area contributed by atoms with E-state index in [-0.39, 0.29) is 18.0 Å². The third kappa shape index (κ3) is 5.15. The van der Waals surface area contributed by atoms with Gasteiger partial charge in [-0.3, -0.25) is 9.88 Å². The zero-order valence-corrected chi connectivity index (χ0v) is 22.2. The van der Waals surface area contributed by atoms with E-state index in [9.17, 15) is 9.59 Å². The highest BCUT2D eigenvalue weighted by Gasteiger charge is 2.38. The van der Waals surface area contributed by atoms with Crippen molar-refractivity contribution in [2.24, 2.45) is 5.92 Å². The van der Waals surface area contributed by atoms with E-state index >= 15 is 0 Å². The van der Waals surface area contributed by atoms with Gasteiger partial charge in [-0.15, -0.1) is 0 Å². The maximum absolute atomic E-state index is 14.2. The van der Waals surface area contributed by atoms with Crippen LogP contribution in [-0.4, -0.2) is 53.9 Å². The third-order valence-electron chi connectivity index (χ3n) is 7.53. The van der Waals surface area contributed by atoms with E-state index < -0.39 is 6.09 Å². The number of methoxy groups -OCH3 is 2. The van der Waals surface area contributed by atoms with Crippen LogP contribution in [0.1, 0.15) is 36.8 Å². The Morgan fingerprint density at radius 1 is 1.13 bits per heavy atom. The minimum Gasteiger partial charge on any atom is -0.497 e. The van der Waals surface area contributed by atoms with Crippen LogP contribution in [-0.2, 0) is 13.1 Å². The molecule has 1 aliphatic heterocycles. The van der Waals surface area contributed by atoms with E-state index in [1.807, 2.05) is 46.3 Å². The molecule has 2 heterocycles. The summed E-state index contributed by atoms with van der Waals surface area (Å²) in [5, 5.41) is 12.9. The Kier molecular flexibility index (Phi) is 7.46. The number of amides is 3. The molecular formula is C28H31ClN4O5. The molecule has 2 aliphatic rings. The van der Waals surface area contributed by atoms with Crippen LogP contribution in [0.15, 0.2) is 42.6 Å². The number of carbonyl (C=O) groups is 2. The zero-order chi connectivity index (χ0) is 26.8. The monoisotopic (exact) mass is 538 g/mol. The molecule has 2 aromatic carbocycles. The number of benzene rings is 2. The zero-order valence-electron chi connectivity index (χ0n) is 21.4. The molecule has 3 amide bonds. The Bertz CT molecular complexity index is 1360. The van der Waals surface area contributed by atoms with E-state index in [0.717, 1.165) is 53.4 Å². The molecule has 0 unspecified atom stereocenters. The summed E-state index contributed by atoms with van der Waals surface area (Å²) >= 11 is 6.38. The topological polar surface area (TPSA) is 104 Å². The summed E-state index contributed by atoms with van der Waals surface area (Å²) in [7, 11) is 3.21. The molecule has 1 fully saturated rings. The molecule has 10 heteroatoms. The summed E-state index contributed by atoms with van der Waals surface area (Å²) < 4.78 is 10.9. The molecule has 2 N–H and O–H groups in total. The van der Waals surface area contributed by atoms with Crippen molar-refractivity contribution in [3.05, 3.63) is 58.7 Å². The number of nitrogens with zero attached hydrogens (tertiary/aromatic N) is 3. The van der Waals surface area contributed by atoms with Gasteiger partial charge in [0.25, 0.3) is 0 Å². The summed E-state index contributed by atoms with van der Waals surface area (Å²) in [5.41, 5.74) is 3.50. The van der Waals surface area contributed by atoms with Crippen molar-refractivity contribution in [3.63, 3.8) is 0 Å². The predicted molar refractivity (Wildman–Crippen MR) is 145 cm³/mol. The Morgan fingerprint density at radius 2 is 1.92 bits per heavy atom. The third-order valence-corrected chi connectivity index (χ3v) is 7.77. The smallest absolute Gasteiger partial charge is 0.404 e. The fourth-order valence-electron chi connectivity index (χ4n) is 5.60. The largest absolute Gasteiger partial charge is 0.497 e. The molecule has 1 aromatic heterocycles. The number of urea groups is 1. The first-order chi connectivity index (χ1) is 18.4. The van der Waals surface area contributed by atoms with E-state index in [1.54, 1.807) is 20.3 Å². The van der Waals surface area contributed by atoms with Crippen LogP contribution in [0.2, 0.25) is 5.02 Å². The molecule has 0 bridgehead atoms. The number of aromatic nitrogens is 1. The second-order valence-electron chi connectivity index (χ2n) is 9.84. The maximum Gasteiger partial charge on any atom is 0.404 e. The molecule has 38 heavy (non-hydrogen) atoms. The van der Waals surface area contributed by atoms with Gasteiger partial charge < -0.3 is 24.8 Å². The number of carbonyl (C=O) groups excluding carboxylic acids is 1. The lowest BCUT2D eigenvalue weighted by atomic mass is 9.84. The number of nitrogens with one attached hydrogen (secondary N) is 1. The lowest BCUT2D eigenvalue weighted by Crippen LogP contribution is -2.52. The fourth-order valence-corrected chi connectivity index (χ4v) is 5.77. The fraction of sp³-hybridized carbons (Fsp3) is 0.393. The Labute approximate surface area is 226 Å². The molecule has 1 aliphatic carbocycles. The van der Waals surface area contributed by atoms with Crippen LogP contribution in [0.3, 0.4) is 0 Å². The Morgan fingerprint density at radius 3 is 2.63 bits per heavy atom. The number of ether oxygens (including phenoxy) is 2. The van der Waals surface area contributed by atoms with Gasteiger partial charge in [0.15, 0.2) is 0 Å². The summed E-state index contributed by atoms with van der Waals surface area (Å²) in [6, 6.07) is 11.1. The average molecular weight is 539 g/mol.